The van der Waals surface area contributed by atoms with E-state index in [1.807, 2.05) is 30.3 Å². The highest BCUT2D eigenvalue weighted by Crippen LogP contribution is 2.20. The standard InChI is InChI=1S/C19H20N4O/c24-19(22-10-4-8-16-6-2-1-3-7-16)17-9-5-13-23(15-17)18-14-20-11-12-21-18/h1-3,6-7,11-12,14,17H,5,9-10,13,15H2,(H,22,24). The minimum Gasteiger partial charge on any atom is -0.355 e. The number of carbonyl (C=O) groups is 1. The minimum absolute atomic E-state index is 0.0284. The number of benzene rings is 1. The zero-order chi connectivity index (χ0) is 16.6. The molecule has 122 valence electrons. The predicted octanol–water partition coefficient (Wildman–Crippen LogP) is 1.86. The first-order chi connectivity index (χ1) is 11.8. The molecule has 0 saturated carbocycles. The molecule has 1 aromatic heterocycles. The molecule has 1 aliphatic heterocycles. The van der Waals surface area contributed by atoms with Crippen molar-refractivity contribution < 1.29 is 4.79 Å². The van der Waals surface area contributed by atoms with E-state index in [0.717, 1.165) is 30.8 Å². The summed E-state index contributed by atoms with van der Waals surface area (Å²) in [5, 5.41) is 2.92. The molecule has 3 rings (SSSR count). The molecule has 0 aliphatic carbocycles. The van der Waals surface area contributed by atoms with Crippen molar-refractivity contribution in [2.45, 2.75) is 12.8 Å². The van der Waals surface area contributed by atoms with Crippen molar-refractivity contribution in [2.24, 2.45) is 5.92 Å². The van der Waals surface area contributed by atoms with Gasteiger partial charge in [-0.1, -0.05) is 30.0 Å². The number of amides is 1. The molecule has 2 aromatic rings. The summed E-state index contributed by atoms with van der Waals surface area (Å²) in [6.45, 7) is 1.96. The number of anilines is 1. The third kappa shape index (κ3) is 4.32. The van der Waals surface area contributed by atoms with Gasteiger partial charge in [-0.15, -0.1) is 0 Å². The van der Waals surface area contributed by atoms with E-state index in [2.05, 4.69) is 32.0 Å². The van der Waals surface area contributed by atoms with Crippen LogP contribution in [0, 0.1) is 17.8 Å². The topological polar surface area (TPSA) is 58.1 Å². The summed E-state index contributed by atoms with van der Waals surface area (Å²) in [6.07, 6.45) is 6.95. The zero-order valence-electron chi connectivity index (χ0n) is 13.5. The van der Waals surface area contributed by atoms with Crippen LogP contribution >= 0.6 is 0 Å². The number of aromatic nitrogens is 2. The molecule has 1 fully saturated rings. The minimum atomic E-state index is -0.0284. The quantitative estimate of drug-likeness (QED) is 0.877. The van der Waals surface area contributed by atoms with Gasteiger partial charge in [0.1, 0.15) is 5.82 Å². The fourth-order valence-corrected chi connectivity index (χ4v) is 2.80. The number of piperidine rings is 1. The average Bonchev–Trinajstić information content (AvgIpc) is 2.67. The maximum absolute atomic E-state index is 12.3. The molecule has 1 amide bonds. The third-order valence-electron chi connectivity index (χ3n) is 4.02. The molecule has 0 spiro atoms. The third-order valence-corrected chi connectivity index (χ3v) is 4.02. The summed E-state index contributed by atoms with van der Waals surface area (Å²) in [7, 11) is 0. The Morgan fingerprint density at radius 3 is 2.96 bits per heavy atom. The summed E-state index contributed by atoms with van der Waals surface area (Å²) in [5.74, 6) is 6.91. The van der Waals surface area contributed by atoms with Gasteiger partial charge >= 0.3 is 0 Å². The fraction of sp³-hybridized carbons (Fsp3) is 0.316. The van der Waals surface area contributed by atoms with Crippen molar-refractivity contribution in [2.75, 3.05) is 24.5 Å². The van der Waals surface area contributed by atoms with Gasteiger partial charge in [0.05, 0.1) is 18.7 Å². The summed E-state index contributed by atoms with van der Waals surface area (Å²) in [5.41, 5.74) is 0.957. The smallest absolute Gasteiger partial charge is 0.225 e. The van der Waals surface area contributed by atoms with Crippen LogP contribution in [0.15, 0.2) is 48.9 Å². The van der Waals surface area contributed by atoms with E-state index in [1.165, 1.54) is 0 Å². The van der Waals surface area contributed by atoms with Gasteiger partial charge in [0, 0.05) is 31.0 Å². The Morgan fingerprint density at radius 2 is 2.17 bits per heavy atom. The Bertz CT molecular complexity index is 721. The highest BCUT2D eigenvalue weighted by atomic mass is 16.1. The molecule has 0 radical (unpaired) electrons. The van der Waals surface area contributed by atoms with Gasteiger partial charge in [-0.05, 0) is 25.0 Å². The van der Waals surface area contributed by atoms with E-state index in [1.54, 1.807) is 18.6 Å². The van der Waals surface area contributed by atoms with Crippen LogP contribution in [0.2, 0.25) is 0 Å². The molecule has 1 aromatic carbocycles. The molecule has 1 unspecified atom stereocenters. The SMILES string of the molecule is O=C(NCC#Cc1ccccc1)C1CCCN(c2cnccn2)C1. The van der Waals surface area contributed by atoms with Crippen molar-refractivity contribution in [1.82, 2.24) is 15.3 Å². The molecule has 24 heavy (non-hydrogen) atoms. The average molecular weight is 320 g/mol. The van der Waals surface area contributed by atoms with Crippen LogP contribution in [0.5, 0.6) is 0 Å². The monoisotopic (exact) mass is 320 g/mol. The summed E-state index contributed by atoms with van der Waals surface area (Å²) in [6, 6.07) is 9.76. The molecule has 1 N–H and O–H groups in total. The fourth-order valence-electron chi connectivity index (χ4n) is 2.80. The van der Waals surface area contributed by atoms with Gasteiger partial charge in [0.25, 0.3) is 0 Å². The summed E-state index contributed by atoms with van der Waals surface area (Å²) < 4.78 is 0. The molecule has 1 aliphatic rings. The maximum Gasteiger partial charge on any atom is 0.225 e. The lowest BCUT2D eigenvalue weighted by Gasteiger charge is -2.32. The summed E-state index contributed by atoms with van der Waals surface area (Å²) in [4.78, 5) is 22.9. The van der Waals surface area contributed by atoms with Crippen LogP contribution in [0.1, 0.15) is 18.4 Å². The van der Waals surface area contributed by atoms with Crippen molar-refractivity contribution in [3.05, 3.63) is 54.5 Å². The van der Waals surface area contributed by atoms with Crippen molar-refractivity contribution in [3.63, 3.8) is 0 Å². The predicted molar refractivity (Wildman–Crippen MR) is 93.3 cm³/mol. The number of hydrogen-bond donors (Lipinski definition) is 1. The maximum atomic E-state index is 12.3. The largest absolute Gasteiger partial charge is 0.355 e. The van der Waals surface area contributed by atoms with Crippen LogP contribution in [0.4, 0.5) is 5.82 Å². The van der Waals surface area contributed by atoms with E-state index in [4.69, 9.17) is 0 Å². The van der Waals surface area contributed by atoms with E-state index in [0.29, 0.717) is 13.1 Å². The van der Waals surface area contributed by atoms with Crippen LogP contribution in [0.3, 0.4) is 0 Å². The first-order valence-electron chi connectivity index (χ1n) is 8.15. The van der Waals surface area contributed by atoms with Gasteiger partial charge in [-0.3, -0.25) is 9.78 Å². The second-order valence-electron chi connectivity index (χ2n) is 5.73. The van der Waals surface area contributed by atoms with Gasteiger partial charge in [0.15, 0.2) is 0 Å². The lowest BCUT2D eigenvalue weighted by molar-refractivity contribution is -0.124. The van der Waals surface area contributed by atoms with Gasteiger partial charge < -0.3 is 10.2 Å². The van der Waals surface area contributed by atoms with E-state index in [-0.39, 0.29) is 11.8 Å². The van der Waals surface area contributed by atoms with Crippen molar-refractivity contribution in [1.29, 1.82) is 0 Å². The van der Waals surface area contributed by atoms with Crippen molar-refractivity contribution in [3.8, 4) is 11.8 Å². The molecule has 1 saturated heterocycles. The van der Waals surface area contributed by atoms with E-state index < -0.39 is 0 Å². The van der Waals surface area contributed by atoms with Crippen LogP contribution < -0.4 is 10.2 Å². The Morgan fingerprint density at radius 1 is 1.29 bits per heavy atom. The second kappa shape index (κ2) is 8.11. The van der Waals surface area contributed by atoms with Crippen LogP contribution in [-0.4, -0.2) is 35.5 Å². The van der Waals surface area contributed by atoms with Crippen LogP contribution in [0.25, 0.3) is 0 Å². The second-order valence-corrected chi connectivity index (χ2v) is 5.73. The molecular weight excluding hydrogens is 300 g/mol. The molecule has 1 atom stereocenters. The first kappa shape index (κ1) is 16.0. The Kier molecular flexibility index (Phi) is 5.41. The first-order valence-corrected chi connectivity index (χ1v) is 8.15. The van der Waals surface area contributed by atoms with E-state index in [9.17, 15) is 4.79 Å². The Hall–Kier alpha value is -2.87. The number of rotatable bonds is 3. The number of carbonyl (C=O) groups excluding carboxylic acids is 1. The molecule has 5 heteroatoms. The Labute approximate surface area is 142 Å². The zero-order valence-corrected chi connectivity index (χ0v) is 13.5. The normalized spacial score (nSPS) is 16.8. The number of nitrogens with zero attached hydrogens (tertiary/aromatic N) is 3. The van der Waals surface area contributed by atoms with E-state index >= 15 is 0 Å². The number of hydrogen-bond acceptors (Lipinski definition) is 4. The highest BCUT2D eigenvalue weighted by molar-refractivity contribution is 5.79. The molecule has 5 nitrogen and oxygen atoms in total. The van der Waals surface area contributed by atoms with Crippen molar-refractivity contribution >= 4 is 11.7 Å². The lowest BCUT2D eigenvalue weighted by Crippen LogP contribution is -2.43. The van der Waals surface area contributed by atoms with Gasteiger partial charge in [0.2, 0.25) is 5.91 Å². The molecule has 0 bridgehead atoms. The Balaban J connectivity index is 1.51. The van der Waals surface area contributed by atoms with Crippen LogP contribution in [-0.2, 0) is 4.79 Å². The van der Waals surface area contributed by atoms with Gasteiger partial charge in [-0.2, -0.15) is 0 Å². The number of nitrogens with one attached hydrogen (secondary N) is 1. The van der Waals surface area contributed by atoms with Gasteiger partial charge in [-0.25, -0.2) is 4.98 Å². The summed E-state index contributed by atoms with van der Waals surface area (Å²) >= 11 is 0. The molecular formula is C19H20N4O. The molecule has 2 heterocycles. The highest BCUT2D eigenvalue weighted by Gasteiger charge is 2.26. The lowest BCUT2D eigenvalue weighted by atomic mass is 9.97.